The lowest BCUT2D eigenvalue weighted by atomic mass is 10.1. The molecule has 21 heavy (non-hydrogen) atoms. The smallest absolute Gasteiger partial charge is 0.336 e. The highest BCUT2D eigenvalue weighted by Crippen LogP contribution is 2.26. The highest BCUT2D eigenvalue weighted by Gasteiger charge is 2.18. The van der Waals surface area contributed by atoms with Gasteiger partial charge < -0.3 is 10.0 Å². The number of halogens is 1. The molecular weight excluding hydrogens is 271 g/mol. The van der Waals surface area contributed by atoms with Gasteiger partial charge in [0, 0.05) is 30.4 Å². The van der Waals surface area contributed by atoms with E-state index in [-0.39, 0.29) is 5.56 Å². The number of carboxylic acids is 1. The van der Waals surface area contributed by atoms with E-state index >= 15 is 0 Å². The first-order chi connectivity index (χ1) is 10.1. The molecule has 0 unspecified atom stereocenters. The second-order valence-electron chi connectivity index (χ2n) is 5.40. The Morgan fingerprint density at radius 2 is 2.19 bits per heavy atom. The van der Waals surface area contributed by atoms with Crippen molar-refractivity contribution in [2.45, 2.75) is 25.4 Å². The van der Waals surface area contributed by atoms with E-state index in [1.165, 1.54) is 12.3 Å². The van der Waals surface area contributed by atoms with Gasteiger partial charge in [0.1, 0.15) is 6.17 Å². The molecule has 1 fully saturated rings. The molecule has 0 spiro atoms. The number of anilines is 1. The lowest BCUT2D eigenvalue weighted by Crippen LogP contribution is -2.28. The number of hydrogen-bond donors (Lipinski definition) is 1. The summed E-state index contributed by atoms with van der Waals surface area (Å²) >= 11 is 0. The van der Waals surface area contributed by atoms with Gasteiger partial charge in [-0.25, -0.2) is 9.18 Å². The quantitative estimate of drug-likeness (QED) is 0.921. The number of rotatable bonds is 2. The summed E-state index contributed by atoms with van der Waals surface area (Å²) in [6, 6.07) is 6.99. The Bertz CT molecular complexity index is 674. The maximum atomic E-state index is 13.8. The Balaban J connectivity index is 2.03. The second kappa shape index (κ2) is 5.68. The number of aromatic carboxylic acids is 1. The molecule has 1 aliphatic rings. The molecule has 2 heterocycles. The summed E-state index contributed by atoms with van der Waals surface area (Å²) in [6.45, 7) is 1.17. The minimum absolute atomic E-state index is 0.230. The molecule has 1 aliphatic heterocycles. The molecule has 1 aromatic carbocycles. The molecule has 0 bridgehead atoms. The van der Waals surface area contributed by atoms with Gasteiger partial charge in [0.2, 0.25) is 0 Å². The van der Waals surface area contributed by atoms with Crippen molar-refractivity contribution in [2.75, 3.05) is 18.0 Å². The van der Waals surface area contributed by atoms with E-state index in [2.05, 4.69) is 4.98 Å². The highest BCUT2D eigenvalue weighted by atomic mass is 19.1. The van der Waals surface area contributed by atoms with Crippen LogP contribution < -0.4 is 4.90 Å². The van der Waals surface area contributed by atoms with Crippen LogP contribution in [0.25, 0.3) is 10.9 Å². The number of benzene rings is 1. The maximum absolute atomic E-state index is 13.8. The molecule has 0 radical (unpaired) electrons. The number of carboxylic acid groups (broad SMARTS) is 1. The number of carbonyl (C=O) groups is 1. The van der Waals surface area contributed by atoms with Crippen LogP contribution in [-0.2, 0) is 0 Å². The zero-order valence-electron chi connectivity index (χ0n) is 11.6. The molecule has 3 rings (SSSR count). The standard InChI is InChI=1S/C16H17FN2O2/c17-11-3-1-2-8-19(10-11)12-4-5-15-14(9-12)13(16(20)21)6-7-18-15/h4-7,9,11H,1-3,8,10H2,(H,20,21)/t11-/m0/s1. The minimum atomic E-state index is -0.973. The minimum Gasteiger partial charge on any atom is -0.478 e. The molecule has 0 amide bonds. The van der Waals surface area contributed by atoms with Gasteiger partial charge in [-0.2, -0.15) is 0 Å². The maximum Gasteiger partial charge on any atom is 0.336 e. The van der Waals surface area contributed by atoms with Crippen LogP contribution in [-0.4, -0.2) is 35.3 Å². The second-order valence-corrected chi connectivity index (χ2v) is 5.40. The van der Waals surface area contributed by atoms with Crippen molar-refractivity contribution in [3.05, 3.63) is 36.0 Å². The van der Waals surface area contributed by atoms with Crippen LogP contribution in [0.2, 0.25) is 0 Å². The van der Waals surface area contributed by atoms with Gasteiger partial charge in [0.25, 0.3) is 0 Å². The summed E-state index contributed by atoms with van der Waals surface area (Å²) < 4.78 is 13.8. The third-order valence-electron chi connectivity index (χ3n) is 3.93. The summed E-state index contributed by atoms with van der Waals surface area (Å²) in [4.78, 5) is 17.5. The van der Waals surface area contributed by atoms with Crippen molar-refractivity contribution in [1.82, 2.24) is 4.98 Å². The van der Waals surface area contributed by atoms with E-state index in [4.69, 9.17) is 0 Å². The molecule has 2 aromatic rings. The van der Waals surface area contributed by atoms with E-state index in [0.717, 1.165) is 25.1 Å². The fourth-order valence-electron chi connectivity index (χ4n) is 2.84. The number of nitrogens with zero attached hydrogens (tertiary/aromatic N) is 2. The van der Waals surface area contributed by atoms with Crippen LogP contribution in [0, 0.1) is 0 Å². The summed E-state index contributed by atoms with van der Waals surface area (Å²) in [5.41, 5.74) is 1.74. The Kier molecular flexibility index (Phi) is 3.73. The first-order valence-electron chi connectivity index (χ1n) is 7.16. The summed E-state index contributed by atoms with van der Waals surface area (Å²) in [5, 5.41) is 9.87. The predicted molar refractivity (Wildman–Crippen MR) is 79.7 cm³/mol. The Labute approximate surface area is 122 Å². The van der Waals surface area contributed by atoms with Gasteiger partial charge in [0.05, 0.1) is 11.1 Å². The van der Waals surface area contributed by atoms with Crippen LogP contribution in [0.1, 0.15) is 29.6 Å². The largest absolute Gasteiger partial charge is 0.478 e. The monoisotopic (exact) mass is 288 g/mol. The molecule has 4 nitrogen and oxygen atoms in total. The van der Waals surface area contributed by atoms with Crippen molar-refractivity contribution >= 4 is 22.6 Å². The van der Waals surface area contributed by atoms with Crippen molar-refractivity contribution in [3.8, 4) is 0 Å². The van der Waals surface area contributed by atoms with Gasteiger partial charge in [-0.3, -0.25) is 4.98 Å². The van der Waals surface area contributed by atoms with E-state index in [1.54, 1.807) is 6.07 Å². The van der Waals surface area contributed by atoms with E-state index in [0.29, 0.717) is 23.9 Å². The van der Waals surface area contributed by atoms with Crippen LogP contribution >= 0.6 is 0 Å². The van der Waals surface area contributed by atoms with Crippen molar-refractivity contribution in [3.63, 3.8) is 0 Å². The third-order valence-corrected chi connectivity index (χ3v) is 3.93. The molecule has 0 saturated carbocycles. The third kappa shape index (κ3) is 2.82. The molecule has 1 atom stereocenters. The predicted octanol–water partition coefficient (Wildman–Crippen LogP) is 3.26. The van der Waals surface area contributed by atoms with Crippen LogP contribution in [0.5, 0.6) is 0 Å². The summed E-state index contributed by atoms with van der Waals surface area (Å²) in [5.74, 6) is -0.973. The number of fused-ring (bicyclic) bond motifs is 1. The number of aromatic nitrogens is 1. The SMILES string of the molecule is O=C(O)c1ccnc2ccc(N3CCCC[C@H](F)C3)cc12. The van der Waals surface area contributed by atoms with E-state index in [9.17, 15) is 14.3 Å². The number of alkyl halides is 1. The van der Waals surface area contributed by atoms with Crippen LogP contribution in [0.4, 0.5) is 10.1 Å². The molecule has 1 N–H and O–H groups in total. The van der Waals surface area contributed by atoms with Gasteiger partial charge in [0.15, 0.2) is 0 Å². The number of pyridine rings is 1. The van der Waals surface area contributed by atoms with E-state index in [1.807, 2.05) is 17.0 Å². The molecule has 5 heteroatoms. The fourth-order valence-corrected chi connectivity index (χ4v) is 2.84. The first-order valence-corrected chi connectivity index (χ1v) is 7.16. The normalized spacial score (nSPS) is 19.5. The average molecular weight is 288 g/mol. The molecule has 110 valence electrons. The lowest BCUT2D eigenvalue weighted by Gasteiger charge is -2.24. The molecule has 1 aromatic heterocycles. The summed E-state index contributed by atoms with van der Waals surface area (Å²) in [6.07, 6.45) is 3.13. The van der Waals surface area contributed by atoms with Gasteiger partial charge in [-0.15, -0.1) is 0 Å². The van der Waals surface area contributed by atoms with Gasteiger partial charge in [-0.1, -0.05) is 0 Å². The summed E-state index contributed by atoms with van der Waals surface area (Å²) in [7, 11) is 0. The van der Waals surface area contributed by atoms with Gasteiger partial charge >= 0.3 is 5.97 Å². The Morgan fingerprint density at radius 3 is 3.00 bits per heavy atom. The van der Waals surface area contributed by atoms with Crippen molar-refractivity contribution < 1.29 is 14.3 Å². The molecule has 0 aliphatic carbocycles. The highest BCUT2D eigenvalue weighted by molar-refractivity contribution is 6.03. The first kappa shape index (κ1) is 13.8. The average Bonchev–Trinajstić information content (AvgIpc) is 2.70. The zero-order valence-corrected chi connectivity index (χ0v) is 11.6. The van der Waals surface area contributed by atoms with E-state index < -0.39 is 12.1 Å². The van der Waals surface area contributed by atoms with Crippen LogP contribution in [0.15, 0.2) is 30.5 Å². The number of hydrogen-bond acceptors (Lipinski definition) is 3. The van der Waals surface area contributed by atoms with Crippen molar-refractivity contribution in [1.29, 1.82) is 0 Å². The van der Waals surface area contributed by atoms with Gasteiger partial charge in [-0.05, 0) is 43.5 Å². The Morgan fingerprint density at radius 1 is 1.33 bits per heavy atom. The van der Waals surface area contributed by atoms with Crippen LogP contribution in [0.3, 0.4) is 0 Å². The zero-order chi connectivity index (χ0) is 14.8. The fraction of sp³-hybridized carbons (Fsp3) is 0.375. The topological polar surface area (TPSA) is 53.4 Å². The lowest BCUT2D eigenvalue weighted by molar-refractivity contribution is 0.0699. The van der Waals surface area contributed by atoms with Crippen molar-refractivity contribution in [2.24, 2.45) is 0 Å². The molecular formula is C16H17FN2O2. The Hall–Kier alpha value is -2.17. The molecule has 1 saturated heterocycles.